The first kappa shape index (κ1) is 21.1. The second-order valence-electron chi connectivity index (χ2n) is 6.95. The van der Waals surface area contributed by atoms with E-state index in [0.717, 1.165) is 17.7 Å². The molecule has 0 spiro atoms. The van der Waals surface area contributed by atoms with Crippen LogP contribution in [0.1, 0.15) is 37.3 Å². The molecule has 0 aromatic heterocycles. The van der Waals surface area contributed by atoms with Crippen molar-refractivity contribution in [3.63, 3.8) is 0 Å². The average Bonchev–Trinajstić information content (AvgIpc) is 2.78. The third-order valence-corrected chi connectivity index (χ3v) is 4.67. The highest BCUT2D eigenvalue weighted by Crippen LogP contribution is 2.22. The summed E-state index contributed by atoms with van der Waals surface area (Å²) in [6.45, 7) is 4.24. The number of ether oxygens (including phenoxy) is 2. The van der Waals surface area contributed by atoms with E-state index in [1.807, 2.05) is 78.9 Å². The van der Waals surface area contributed by atoms with Gasteiger partial charge in [0.15, 0.2) is 6.61 Å². The largest absolute Gasteiger partial charge is 0.484 e. The van der Waals surface area contributed by atoms with Gasteiger partial charge in [-0.15, -0.1) is 0 Å². The fourth-order valence-electron chi connectivity index (χ4n) is 2.77. The molecule has 0 saturated carbocycles. The molecule has 0 fully saturated rings. The topological polar surface area (TPSA) is 59.9 Å². The molecule has 3 aromatic carbocycles. The molecule has 5 nitrogen and oxygen atoms in total. The summed E-state index contributed by atoms with van der Waals surface area (Å²) in [5.74, 6) is 2.30. The average molecular weight is 402 g/mol. The summed E-state index contributed by atoms with van der Waals surface area (Å²) in [5, 5.41) is 3.99. The molecule has 0 radical (unpaired) electrons. The lowest BCUT2D eigenvalue weighted by Crippen LogP contribution is -2.24. The molecule has 0 saturated heterocycles. The van der Waals surface area contributed by atoms with Crippen molar-refractivity contribution in [2.75, 3.05) is 6.61 Å². The van der Waals surface area contributed by atoms with E-state index in [4.69, 9.17) is 9.47 Å². The van der Waals surface area contributed by atoms with Gasteiger partial charge in [0, 0.05) is 0 Å². The van der Waals surface area contributed by atoms with E-state index >= 15 is 0 Å². The van der Waals surface area contributed by atoms with E-state index in [0.29, 0.717) is 17.4 Å². The van der Waals surface area contributed by atoms with Gasteiger partial charge in [-0.25, -0.2) is 5.43 Å². The third-order valence-electron chi connectivity index (χ3n) is 4.67. The van der Waals surface area contributed by atoms with Crippen molar-refractivity contribution in [1.29, 1.82) is 0 Å². The normalized spacial score (nSPS) is 11.8. The first-order valence-corrected chi connectivity index (χ1v) is 10.0. The number of hydrogen-bond acceptors (Lipinski definition) is 4. The summed E-state index contributed by atoms with van der Waals surface area (Å²) in [6.07, 6.45) is 2.65. The van der Waals surface area contributed by atoms with Crippen molar-refractivity contribution in [3.8, 4) is 17.2 Å². The number of nitrogens with zero attached hydrogens (tertiary/aromatic N) is 1. The van der Waals surface area contributed by atoms with Gasteiger partial charge in [0.2, 0.25) is 0 Å². The fraction of sp³-hybridized carbons (Fsp3) is 0.200. The number of hydrazone groups is 1. The first-order valence-electron chi connectivity index (χ1n) is 10.0. The number of amides is 1. The highest BCUT2D eigenvalue weighted by molar-refractivity contribution is 5.83. The molecule has 1 N–H and O–H groups in total. The molecule has 1 unspecified atom stereocenters. The maximum Gasteiger partial charge on any atom is 0.277 e. The summed E-state index contributed by atoms with van der Waals surface area (Å²) < 4.78 is 11.3. The monoisotopic (exact) mass is 402 g/mol. The molecule has 0 heterocycles. The van der Waals surface area contributed by atoms with E-state index in [-0.39, 0.29) is 12.5 Å². The molecular formula is C25H26N2O3. The summed E-state index contributed by atoms with van der Waals surface area (Å²) in [7, 11) is 0. The number of carbonyl (C=O) groups excluding carboxylic acids is 1. The van der Waals surface area contributed by atoms with Crippen LogP contribution in [0.4, 0.5) is 0 Å². The number of hydrogen-bond donors (Lipinski definition) is 1. The standard InChI is InChI=1S/C25H26N2O3/c1-3-19(2)21-12-14-22(15-13-21)29-18-25(28)27-26-17-20-8-7-11-24(16-20)30-23-9-5-4-6-10-23/h4-17,19H,3,18H2,1-2H3,(H,27,28). The predicted octanol–water partition coefficient (Wildman–Crippen LogP) is 5.52. The zero-order valence-corrected chi connectivity index (χ0v) is 17.2. The minimum absolute atomic E-state index is 0.100. The molecule has 154 valence electrons. The molecule has 3 rings (SSSR count). The van der Waals surface area contributed by atoms with Crippen LogP contribution in [0.15, 0.2) is 84.0 Å². The SMILES string of the molecule is CCC(C)c1ccc(OCC(=O)NN=Cc2cccc(Oc3ccccc3)c2)cc1. The van der Waals surface area contributed by atoms with Gasteiger partial charge in [-0.2, -0.15) is 5.10 Å². The second kappa shape index (κ2) is 10.8. The molecule has 0 aliphatic heterocycles. The maximum atomic E-state index is 12.0. The molecular weight excluding hydrogens is 376 g/mol. The number of para-hydroxylation sites is 1. The van der Waals surface area contributed by atoms with Crippen molar-refractivity contribution in [2.45, 2.75) is 26.2 Å². The van der Waals surface area contributed by atoms with E-state index in [1.54, 1.807) is 6.21 Å². The molecule has 3 aromatic rings. The summed E-state index contributed by atoms with van der Waals surface area (Å²) in [6, 6.07) is 24.8. The van der Waals surface area contributed by atoms with Gasteiger partial charge in [0.1, 0.15) is 17.2 Å². The van der Waals surface area contributed by atoms with E-state index in [2.05, 4.69) is 24.4 Å². The molecule has 1 atom stereocenters. The van der Waals surface area contributed by atoms with Crippen LogP contribution in [0, 0.1) is 0 Å². The van der Waals surface area contributed by atoms with Crippen molar-refractivity contribution >= 4 is 12.1 Å². The van der Waals surface area contributed by atoms with Crippen LogP contribution in [0.2, 0.25) is 0 Å². The van der Waals surface area contributed by atoms with Crippen molar-refractivity contribution in [2.24, 2.45) is 5.10 Å². The number of carbonyl (C=O) groups is 1. The Labute approximate surface area is 177 Å². The van der Waals surface area contributed by atoms with E-state index in [9.17, 15) is 4.79 Å². The fourth-order valence-corrected chi connectivity index (χ4v) is 2.77. The van der Waals surface area contributed by atoms with Crippen LogP contribution in [0.5, 0.6) is 17.2 Å². The number of rotatable bonds is 9. The van der Waals surface area contributed by atoms with Crippen LogP contribution < -0.4 is 14.9 Å². The summed E-state index contributed by atoms with van der Waals surface area (Å²) >= 11 is 0. The Morgan fingerprint density at radius 1 is 0.967 bits per heavy atom. The van der Waals surface area contributed by atoms with Gasteiger partial charge in [-0.1, -0.05) is 56.3 Å². The summed E-state index contributed by atoms with van der Waals surface area (Å²) in [5.41, 5.74) is 4.55. The maximum absolute atomic E-state index is 12.0. The number of nitrogens with one attached hydrogen (secondary N) is 1. The predicted molar refractivity (Wildman–Crippen MR) is 119 cm³/mol. The second-order valence-corrected chi connectivity index (χ2v) is 6.95. The Morgan fingerprint density at radius 3 is 2.43 bits per heavy atom. The van der Waals surface area contributed by atoms with Gasteiger partial charge >= 0.3 is 0 Å². The Kier molecular flexibility index (Phi) is 7.61. The van der Waals surface area contributed by atoms with Crippen LogP contribution in [-0.4, -0.2) is 18.7 Å². The first-order chi connectivity index (χ1) is 14.6. The minimum Gasteiger partial charge on any atom is -0.484 e. The third kappa shape index (κ3) is 6.48. The molecule has 0 aliphatic rings. The lowest BCUT2D eigenvalue weighted by atomic mass is 9.99. The van der Waals surface area contributed by atoms with Gasteiger partial charge in [-0.3, -0.25) is 4.79 Å². The highest BCUT2D eigenvalue weighted by Gasteiger charge is 2.05. The summed E-state index contributed by atoms with van der Waals surface area (Å²) in [4.78, 5) is 12.0. The lowest BCUT2D eigenvalue weighted by molar-refractivity contribution is -0.123. The van der Waals surface area contributed by atoms with E-state index < -0.39 is 0 Å². The Balaban J connectivity index is 1.47. The zero-order chi connectivity index (χ0) is 21.2. The minimum atomic E-state index is -0.325. The van der Waals surface area contributed by atoms with Crippen molar-refractivity contribution in [3.05, 3.63) is 90.0 Å². The van der Waals surface area contributed by atoms with Crippen LogP contribution in [-0.2, 0) is 4.79 Å². The van der Waals surface area contributed by atoms with Gasteiger partial charge in [-0.05, 0) is 59.9 Å². The molecule has 0 aliphatic carbocycles. The molecule has 30 heavy (non-hydrogen) atoms. The Hall–Kier alpha value is -3.60. The van der Waals surface area contributed by atoms with Gasteiger partial charge in [0.05, 0.1) is 6.21 Å². The van der Waals surface area contributed by atoms with Crippen LogP contribution >= 0.6 is 0 Å². The van der Waals surface area contributed by atoms with Crippen molar-refractivity contribution < 1.29 is 14.3 Å². The van der Waals surface area contributed by atoms with Gasteiger partial charge in [0.25, 0.3) is 5.91 Å². The van der Waals surface area contributed by atoms with Crippen LogP contribution in [0.3, 0.4) is 0 Å². The number of benzene rings is 3. The van der Waals surface area contributed by atoms with Crippen molar-refractivity contribution in [1.82, 2.24) is 5.43 Å². The smallest absolute Gasteiger partial charge is 0.277 e. The molecule has 0 bridgehead atoms. The quantitative estimate of drug-likeness (QED) is 0.379. The highest BCUT2D eigenvalue weighted by atomic mass is 16.5. The van der Waals surface area contributed by atoms with E-state index in [1.165, 1.54) is 5.56 Å². The Bertz CT molecular complexity index is 969. The zero-order valence-electron chi connectivity index (χ0n) is 17.2. The Morgan fingerprint density at radius 2 is 1.70 bits per heavy atom. The molecule has 5 heteroatoms. The lowest BCUT2D eigenvalue weighted by Gasteiger charge is -2.10. The van der Waals surface area contributed by atoms with Crippen LogP contribution in [0.25, 0.3) is 0 Å². The van der Waals surface area contributed by atoms with Gasteiger partial charge < -0.3 is 9.47 Å². The molecule has 1 amide bonds.